The molecule has 33 heavy (non-hydrogen) atoms. The average Bonchev–Trinajstić information content (AvgIpc) is 3.24. The molecule has 3 heterocycles. The van der Waals surface area contributed by atoms with Crippen molar-refractivity contribution in [2.24, 2.45) is 0 Å². The number of carbonyl (C=O) groups excluding carboxylic acids is 1. The van der Waals surface area contributed by atoms with Gasteiger partial charge in [-0.1, -0.05) is 36.4 Å². The van der Waals surface area contributed by atoms with E-state index in [-0.39, 0.29) is 5.91 Å². The summed E-state index contributed by atoms with van der Waals surface area (Å²) in [5, 5.41) is 3.92. The highest BCUT2D eigenvalue weighted by atomic mass is 16.1. The first-order valence-corrected chi connectivity index (χ1v) is 11.4. The van der Waals surface area contributed by atoms with E-state index >= 15 is 0 Å². The number of benzene rings is 2. The summed E-state index contributed by atoms with van der Waals surface area (Å²) < 4.78 is 0. The van der Waals surface area contributed by atoms with Gasteiger partial charge in [0.1, 0.15) is 5.65 Å². The van der Waals surface area contributed by atoms with Crippen molar-refractivity contribution in [1.82, 2.24) is 19.8 Å². The molecule has 4 aromatic rings. The molecule has 2 aromatic heterocycles. The zero-order chi connectivity index (χ0) is 22.8. The number of aromatic amines is 1. The van der Waals surface area contributed by atoms with Crippen molar-refractivity contribution in [2.45, 2.75) is 13.5 Å². The monoisotopic (exact) mass is 439 g/mol. The predicted octanol–water partition coefficient (Wildman–Crippen LogP) is 4.60. The van der Waals surface area contributed by atoms with Crippen molar-refractivity contribution in [1.29, 1.82) is 0 Å². The van der Waals surface area contributed by atoms with Gasteiger partial charge in [-0.3, -0.25) is 9.69 Å². The first-order valence-electron chi connectivity index (χ1n) is 11.4. The summed E-state index contributed by atoms with van der Waals surface area (Å²) in [5.41, 5.74) is 7.33. The van der Waals surface area contributed by atoms with Gasteiger partial charge in [0.15, 0.2) is 0 Å². The van der Waals surface area contributed by atoms with Crippen LogP contribution in [0, 0.1) is 0 Å². The van der Waals surface area contributed by atoms with Gasteiger partial charge in [-0.25, -0.2) is 4.98 Å². The average molecular weight is 440 g/mol. The quantitative estimate of drug-likeness (QED) is 0.477. The fourth-order valence-electron chi connectivity index (χ4n) is 4.43. The van der Waals surface area contributed by atoms with Gasteiger partial charge in [-0.2, -0.15) is 0 Å². The Bertz CT molecular complexity index is 1270. The molecule has 2 aromatic carbocycles. The van der Waals surface area contributed by atoms with Gasteiger partial charge in [-0.15, -0.1) is 0 Å². The second kappa shape index (κ2) is 9.17. The summed E-state index contributed by atoms with van der Waals surface area (Å²) in [6.45, 7) is 7.03. The molecule has 2 N–H and O–H groups in total. The van der Waals surface area contributed by atoms with Crippen LogP contribution in [-0.2, 0) is 11.3 Å². The van der Waals surface area contributed by atoms with Gasteiger partial charge >= 0.3 is 0 Å². The highest BCUT2D eigenvalue weighted by Gasteiger charge is 2.14. The minimum atomic E-state index is -0.0777. The van der Waals surface area contributed by atoms with Crippen LogP contribution in [0.15, 0.2) is 67.0 Å². The number of nitrogens with one attached hydrogen (secondary N) is 2. The van der Waals surface area contributed by atoms with Gasteiger partial charge in [0.05, 0.1) is 0 Å². The van der Waals surface area contributed by atoms with Crippen LogP contribution in [0.5, 0.6) is 0 Å². The van der Waals surface area contributed by atoms with Gasteiger partial charge in [0, 0.05) is 74.2 Å². The van der Waals surface area contributed by atoms with Crippen molar-refractivity contribution in [3.05, 3.63) is 72.6 Å². The molecule has 5 rings (SSSR count). The molecular weight excluding hydrogens is 410 g/mol. The number of likely N-dealkylation sites (N-methyl/N-ethyl adjacent to an activating group) is 1. The van der Waals surface area contributed by atoms with Crippen LogP contribution in [-0.4, -0.2) is 58.9 Å². The molecule has 0 bridgehead atoms. The van der Waals surface area contributed by atoms with Gasteiger partial charge in [0.2, 0.25) is 5.91 Å². The highest BCUT2D eigenvalue weighted by Crippen LogP contribution is 2.32. The maximum absolute atomic E-state index is 11.4. The third-order valence-corrected chi connectivity index (χ3v) is 6.31. The largest absolute Gasteiger partial charge is 0.346 e. The molecule has 6 heteroatoms. The number of rotatable bonds is 5. The summed E-state index contributed by atoms with van der Waals surface area (Å²) in [6, 6.07) is 18.9. The fraction of sp³-hybridized carbons (Fsp3) is 0.259. The minimum absolute atomic E-state index is 0.0777. The minimum Gasteiger partial charge on any atom is -0.346 e. The number of amides is 1. The lowest BCUT2D eigenvalue weighted by Gasteiger charge is -2.32. The van der Waals surface area contributed by atoms with E-state index in [4.69, 9.17) is 0 Å². The Morgan fingerprint density at radius 3 is 2.55 bits per heavy atom. The first-order chi connectivity index (χ1) is 16.0. The third kappa shape index (κ3) is 4.82. The fourth-order valence-corrected chi connectivity index (χ4v) is 4.43. The molecule has 0 unspecified atom stereocenters. The molecule has 1 amide bonds. The molecule has 0 atom stereocenters. The molecule has 0 spiro atoms. The Labute approximate surface area is 194 Å². The van der Waals surface area contributed by atoms with Gasteiger partial charge < -0.3 is 15.2 Å². The van der Waals surface area contributed by atoms with Crippen molar-refractivity contribution in [3.63, 3.8) is 0 Å². The number of carbonyl (C=O) groups is 1. The zero-order valence-corrected chi connectivity index (χ0v) is 19.1. The molecule has 0 radical (unpaired) electrons. The van der Waals surface area contributed by atoms with Crippen molar-refractivity contribution in [2.75, 3.05) is 38.5 Å². The van der Waals surface area contributed by atoms with E-state index in [0.717, 1.165) is 71.7 Å². The number of H-pyrrole nitrogens is 1. The van der Waals surface area contributed by atoms with Crippen molar-refractivity contribution >= 4 is 22.6 Å². The summed E-state index contributed by atoms with van der Waals surface area (Å²) in [6.07, 6.45) is 3.90. The lowest BCUT2D eigenvalue weighted by Crippen LogP contribution is -2.43. The number of anilines is 1. The molecule has 0 aliphatic carbocycles. The maximum atomic E-state index is 11.4. The van der Waals surface area contributed by atoms with Crippen molar-refractivity contribution in [3.8, 4) is 22.3 Å². The van der Waals surface area contributed by atoms with E-state index in [1.807, 2.05) is 36.7 Å². The zero-order valence-electron chi connectivity index (χ0n) is 19.1. The lowest BCUT2D eigenvalue weighted by atomic mass is 10.0. The Hall–Kier alpha value is -3.48. The third-order valence-electron chi connectivity index (χ3n) is 6.31. The maximum Gasteiger partial charge on any atom is 0.221 e. The normalized spacial score (nSPS) is 15.1. The molecule has 1 aliphatic rings. The predicted molar refractivity (Wildman–Crippen MR) is 134 cm³/mol. The van der Waals surface area contributed by atoms with E-state index < -0.39 is 0 Å². The topological polar surface area (TPSA) is 64.3 Å². The second-order valence-corrected chi connectivity index (χ2v) is 8.86. The van der Waals surface area contributed by atoms with Gasteiger partial charge in [-0.05, 0) is 41.9 Å². The number of hydrogen-bond donors (Lipinski definition) is 2. The Morgan fingerprint density at radius 2 is 1.79 bits per heavy atom. The summed E-state index contributed by atoms with van der Waals surface area (Å²) in [4.78, 5) is 24.3. The number of piperazine rings is 1. The summed E-state index contributed by atoms with van der Waals surface area (Å²) in [7, 11) is 2.19. The highest BCUT2D eigenvalue weighted by molar-refractivity contribution is 5.97. The lowest BCUT2D eigenvalue weighted by molar-refractivity contribution is -0.114. The van der Waals surface area contributed by atoms with Crippen LogP contribution in [0.3, 0.4) is 0 Å². The number of hydrogen-bond acceptors (Lipinski definition) is 4. The first kappa shape index (κ1) is 21.4. The van der Waals surface area contributed by atoms with E-state index in [2.05, 4.69) is 62.5 Å². The molecule has 6 nitrogen and oxygen atoms in total. The van der Waals surface area contributed by atoms with Crippen LogP contribution in [0.25, 0.3) is 33.3 Å². The Balaban J connectivity index is 1.39. The molecule has 1 aliphatic heterocycles. The Morgan fingerprint density at radius 1 is 1.00 bits per heavy atom. The van der Waals surface area contributed by atoms with Crippen LogP contribution in [0.4, 0.5) is 5.69 Å². The van der Waals surface area contributed by atoms with Crippen LogP contribution in [0.2, 0.25) is 0 Å². The molecule has 1 saturated heterocycles. The molecule has 1 fully saturated rings. The molecular formula is C27H29N5O. The van der Waals surface area contributed by atoms with E-state index in [0.29, 0.717) is 0 Å². The van der Waals surface area contributed by atoms with Crippen LogP contribution >= 0.6 is 0 Å². The number of fused-ring (bicyclic) bond motifs is 1. The van der Waals surface area contributed by atoms with E-state index in [1.165, 1.54) is 12.5 Å². The Kier molecular flexibility index (Phi) is 5.94. The second-order valence-electron chi connectivity index (χ2n) is 8.86. The smallest absolute Gasteiger partial charge is 0.221 e. The van der Waals surface area contributed by atoms with Crippen LogP contribution in [0.1, 0.15) is 12.5 Å². The van der Waals surface area contributed by atoms with Gasteiger partial charge in [0.25, 0.3) is 0 Å². The van der Waals surface area contributed by atoms with E-state index in [1.54, 1.807) is 0 Å². The molecule has 168 valence electrons. The SMILES string of the molecule is CC(=O)Nc1cccc(-c2c[nH]c3ncc(-c4ccc(CN5CCN(C)CC5)cc4)cc23)c1. The van der Waals surface area contributed by atoms with E-state index in [9.17, 15) is 4.79 Å². The van der Waals surface area contributed by atoms with Crippen LogP contribution < -0.4 is 5.32 Å². The number of pyridine rings is 1. The number of aromatic nitrogens is 2. The summed E-state index contributed by atoms with van der Waals surface area (Å²) >= 11 is 0. The van der Waals surface area contributed by atoms with Crippen molar-refractivity contribution < 1.29 is 4.79 Å². The summed E-state index contributed by atoms with van der Waals surface area (Å²) in [5.74, 6) is -0.0777. The molecule has 0 saturated carbocycles. The number of nitrogens with zero attached hydrogens (tertiary/aromatic N) is 3. The standard InChI is InChI=1S/C27H29N5O/c1-19(33)30-24-5-3-4-22(14-24)26-17-29-27-25(26)15-23(16-28-27)21-8-6-20(7-9-21)18-32-12-10-31(2)11-13-32/h3-9,14-17H,10-13,18H2,1-2H3,(H,28,29)(H,30,33).